The van der Waals surface area contributed by atoms with E-state index in [2.05, 4.69) is 39.3 Å². The van der Waals surface area contributed by atoms with Gasteiger partial charge in [-0.3, -0.25) is 0 Å². The minimum Gasteiger partial charge on any atom is -0.362 e. The van der Waals surface area contributed by atoms with Crippen LogP contribution >= 0.6 is 11.6 Å². The fourth-order valence-electron chi connectivity index (χ4n) is 1.86. The van der Waals surface area contributed by atoms with Crippen LogP contribution in [0, 0.1) is 0 Å². The number of hydrogen-bond donors (Lipinski definition) is 1. The van der Waals surface area contributed by atoms with Crippen LogP contribution in [0.1, 0.15) is 31.7 Å². The van der Waals surface area contributed by atoms with Gasteiger partial charge in [0.1, 0.15) is 23.6 Å². The fraction of sp³-hybridized carbons (Fsp3) is 0.500. The molecule has 7 heteroatoms. The summed E-state index contributed by atoms with van der Waals surface area (Å²) in [7, 11) is 0. The molecule has 0 aliphatic heterocycles. The predicted octanol–water partition coefficient (Wildman–Crippen LogP) is 2.31. The lowest BCUT2D eigenvalue weighted by Gasteiger charge is -2.11. The number of halogens is 1. The summed E-state index contributed by atoms with van der Waals surface area (Å²) in [6.45, 7) is 5.56. The molecule has 0 saturated carbocycles. The van der Waals surface area contributed by atoms with E-state index in [4.69, 9.17) is 11.6 Å². The SMILES string of the molecule is CCCc1c(Cl)ncnc1NCc1nncn1CC. The van der Waals surface area contributed by atoms with Gasteiger partial charge < -0.3 is 9.88 Å². The van der Waals surface area contributed by atoms with Crippen molar-refractivity contribution in [1.29, 1.82) is 0 Å². The highest BCUT2D eigenvalue weighted by Gasteiger charge is 2.10. The molecule has 0 saturated heterocycles. The first-order valence-electron chi connectivity index (χ1n) is 6.36. The first kappa shape index (κ1) is 13.7. The summed E-state index contributed by atoms with van der Waals surface area (Å²) in [5.74, 6) is 1.65. The molecule has 2 aromatic heterocycles. The van der Waals surface area contributed by atoms with Gasteiger partial charge in [0.2, 0.25) is 0 Å². The number of nitrogens with one attached hydrogen (secondary N) is 1. The van der Waals surface area contributed by atoms with E-state index in [9.17, 15) is 0 Å². The monoisotopic (exact) mass is 280 g/mol. The maximum atomic E-state index is 6.10. The van der Waals surface area contributed by atoms with Gasteiger partial charge in [0.05, 0.1) is 6.54 Å². The van der Waals surface area contributed by atoms with Crippen molar-refractivity contribution in [2.45, 2.75) is 39.8 Å². The Bertz CT molecular complexity index is 539. The van der Waals surface area contributed by atoms with Crippen molar-refractivity contribution in [2.24, 2.45) is 0 Å². The van der Waals surface area contributed by atoms with E-state index in [1.54, 1.807) is 6.33 Å². The number of rotatable bonds is 6. The van der Waals surface area contributed by atoms with Gasteiger partial charge in [-0.15, -0.1) is 10.2 Å². The second-order valence-electron chi connectivity index (χ2n) is 4.13. The summed E-state index contributed by atoms with van der Waals surface area (Å²) in [4.78, 5) is 8.27. The zero-order valence-electron chi connectivity index (χ0n) is 11.1. The Morgan fingerprint density at radius 3 is 2.89 bits per heavy atom. The van der Waals surface area contributed by atoms with Gasteiger partial charge in [-0.25, -0.2) is 9.97 Å². The number of nitrogens with zero attached hydrogens (tertiary/aromatic N) is 5. The third-order valence-corrected chi connectivity index (χ3v) is 3.17. The smallest absolute Gasteiger partial charge is 0.152 e. The number of anilines is 1. The van der Waals surface area contributed by atoms with Gasteiger partial charge in [0, 0.05) is 12.1 Å². The number of aryl methyl sites for hydroxylation is 1. The molecular weight excluding hydrogens is 264 g/mol. The predicted molar refractivity (Wildman–Crippen MR) is 74.1 cm³/mol. The molecule has 1 N–H and O–H groups in total. The Hall–Kier alpha value is -1.69. The van der Waals surface area contributed by atoms with Crippen LogP contribution in [0.4, 0.5) is 5.82 Å². The van der Waals surface area contributed by atoms with E-state index >= 15 is 0 Å². The van der Waals surface area contributed by atoms with Gasteiger partial charge in [0.15, 0.2) is 5.82 Å². The van der Waals surface area contributed by atoms with Gasteiger partial charge >= 0.3 is 0 Å². The van der Waals surface area contributed by atoms with E-state index in [1.165, 1.54) is 6.33 Å². The van der Waals surface area contributed by atoms with Crippen LogP contribution in [0.5, 0.6) is 0 Å². The molecule has 0 atom stereocenters. The lowest BCUT2D eigenvalue weighted by Crippen LogP contribution is -2.10. The Kier molecular flexibility index (Phi) is 4.68. The quantitative estimate of drug-likeness (QED) is 0.823. The van der Waals surface area contributed by atoms with Gasteiger partial charge in [-0.05, 0) is 13.3 Å². The topological polar surface area (TPSA) is 68.5 Å². The second kappa shape index (κ2) is 6.47. The Morgan fingerprint density at radius 1 is 1.32 bits per heavy atom. The Labute approximate surface area is 117 Å². The van der Waals surface area contributed by atoms with E-state index in [0.29, 0.717) is 11.7 Å². The third-order valence-electron chi connectivity index (χ3n) is 2.84. The first-order valence-corrected chi connectivity index (χ1v) is 6.74. The number of hydrogen-bond acceptors (Lipinski definition) is 5. The van der Waals surface area contributed by atoms with Crippen LogP contribution in [0.2, 0.25) is 5.15 Å². The zero-order chi connectivity index (χ0) is 13.7. The van der Waals surface area contributed by atoms with E-state index in [0.717, 1.165) is 36.6 Å². The minimum absolute atomic E-state index is 0.510. The zero-order valence-corrected chi connectivity index (χ0v) is 11.9. The average Bonchev–Trinajstić information content (AvgIpc) is 2.87. The standard InChI is InChI=1S/C12H17ClN6/c1-3-5-9-11(13)15-7-16-12(9)14-6-10-18-17-8-19(10)4-2/h7-8H,3-6H2,1-2H3,(H,14,15,16). The van der Waals surface area contributed by atoms with Crippen LogP contribution in [0.15, 0.2) is 12.7 Å². The van der Waals surface area contributed by atoms with Crippen molar-refractivity contribution in [3.63, 3.8) is 0 Å². The molecule has 19 heavy (non-hydrogen) atoms. The lowest BCUT2D eigenvalue weighted by molar-refractivity contribution is 0.706. The van der Waals surface area contributed by atoms with E-state index in [-0.39, 0.29) is 0 Å². The van der Waals surface area contributed by atoms with Gasteiger partial charge in [-0.1, -0.05) is 24.9 Å². The maximum absolute atomic E-state index is 6.10. The van der Waals surface area contributed by atoms with Crippen molar-refractivity contribution >= 4 is 17.4 Å². The molecule has 0 unspecified atom stereocenters. The summed E-state index contributed by atoms with van der Waals surface area (Å²) in [5, 5.41) is 11.7. The molecule has 2 heterocycles. The molecule has 0 spiro atoms. The van der Waals surface area contributed by atoms with Crippen molar-refractivity contribution < 1.29 is 0 Å². The molecule has 0 radical (unpaired) electrons. The second-order valence-corrected chi connectivity index (χ2v) is 4.49. The molecular formula is C12H17ClN6. The van der Waals surface area contributed by atoms with Crippen LogP contribution in [-0.2, 0) is 19.5 Å². The van der Waals surface area contributed by atoms with Crippen LogP contribution in [-0.4, -0.2) is 24.7 Å². The molecule has 2 aromatic rings. The summed E-state index contributed by atoms with van der Waals surface area (Å²) in [6.07, 6.45) is 5.03. The molecule has 2 rings (SSSR count). The van der Waals surface area contributed by atoms with Crippen LogP contribution in [0.3, 0.4) is 0 Å². The summed E-state index contributed by atoms with van der Waals surface area (Å²) < 4.78 is 1.98. The molecule has 0 amide bonds. The van der Waals surface area contributed by atoms with Gasteiger partial charge in [-0.2, -0.15) is 0 Å². The highest BCUT2D eigenvalue weighted by molar-refractivity contribution is 6.30. The molecule has 0 aliphatic carbocycles. The molecule has 0 aliphatic rings. The highest BCUT2D eigenvalue weighted by atomic mass is 35.5. The molecule has 0 aromatic carbocycles. The normalized spacial score (nSPS) is 10.7. The fourth-order valence-corrected chi connectivity index (χ4v) is 2.09. The molecule has 0 bridgehead atoms. The Morgan fingerprint density at radius 2 is 2.16 bits per heavy atom. The largest absolute Gasteiger partial charge is 0.362 e. The molecule has 0 fully saturated rings. The molecule has 102 valence electrons. The van der Waals surface area contributed by atoms with Crippen LogP contribution < -0.4 is 5.32 Å². The average molecular weight is 281 g/mol. The maximum Gasteiger partial charge on any atom is 0.152 e. The van der Waals surface area contributed by atoms with Crippen molar-refractivity contribution in [3.8, 4) is 0 Å². The van der Waals surface area contributed by atoms with Gasteiger partial charge in [0.25, 0.3) is 0 Å². The third kappa shape index (κ3) is 3.20. The lowest BCUT2D eigenvalue weighted by atomic mass is 10.2. The summed E-state index contributed by atoms with van der Waals surface area (Å²) in [6, 6.07) is 0. The Balaban J connectivity index is 2.13. The van der Waals surface area contributed by atoms with Crippen molar-refractivity contribution in [1.82, 2.24) is 24.7 Å². The van der Waals surface area contributed by atoms with Crippen molar-refractivity contribution in [3.05, 3.63) is 29.2 Å². The molecule has 6 nitrogen and oxygen atoms in total. The summed E-state index contributed by atoms with van der Waals surface area (Å²) >= 11 is 6.10. The number of aromatic nitrogens is 5. The highest BCUT2D eigenvalue weighted by Crippen LogP contribution is 2.21. The minimum atomic E-state index is 0.510. The van der Waals surface area contributed by atoms with Crippen LogP contribution in [0.25, 0.3) is 0 Å². The summed E-state index contributed by atoms with van der Waals surface area (Å²) in [5.41, 5.74) is 0.953. The van der Waals surface area contributed by atoms with Crippen molar-refractivity contribution in [2.75, 3.05) is 5.32 Å². The van der Waals surface area contributed by atoms with E-state index < -0.39 is 0 Å². The first-order chi connectivity index (χ1) is 9.26. The van der Waals surface area contributed by atoms with E-state index in [1.807, 2.05) is 4.57 Å².